The van der Waals surface area contributed by atoms with E-state index in [9.17, 15) is 9.59 Å². The van der Waals surface area contributed by atoms with Gasteiger partial charge in [0.1, 0.15) is 12.4 Å². The van der Waals surface area contributed by atoms with E-state index < -0.39 is 0 Å². The van der Waals surface area contributed by atoms with Crippen molar-refractivity contribution < 1.29 is 14.3 Å². The van der Waals surface area contributed by atoms with Crippen molar-refractivity contribution in [3.8, 4) is 5.75 Å². The number of likely N-dealkylation sites (N-methyl/N-ethyl adjacent to an activating group) is 1. The Morgan fingerprint density at radius 2 is 1.97 bits per heavy atom. The van der Waals surface area contributed by atoms with Crippen LogP contribution < -0.4 is 4.74 Å². The molecule has 2 aliphatic heterocycles. The van der Waals surface area contributed by atoms with E-state index in [-0.39, 0.29) is 23.7 Å². The third kappa shape index (κ3) is 5.63. The summed E-state index contributed by atoms with van der Waals surface area (Å²) in [4.78, 5) is 31.5. The van der Waals surface area contributed by atoms with Crippen molar-refractivity contribution in [3.05, 3.63) is 42.0 Å². The molecule has 3 rings (SSSR count). The summed E-state index contributed by atoms with van der Waals surface area (Å²) in [7, 11) is 1.97. The van der Waals surface area contributed by atoms with Gasteiger partial charge in [-0.15, -0.1) is 0 Å². The maximum atomic E-state index is 12.9. The van der Waals surface area contributed by atoms with E-state index in [0.29, 0.717) is 32.7 Å². The molecule has 6 nitrogen and oxygen atoms in total. The van der Waals surface area contributed by atoms with Crippen molar-refractivity contribution in [2.75, 3.05) is 46.4 Å². The summed E-state index contributed by atoms with van der Waals surface area (Å²) in [5.74, 6) is 1.66. The SMILES string of the molecule is CCN(CC)C(=O)C[C@@H]1CCN2C[C@@H]1C=CCOc1ccccc1CN(C)CC2=O. The summed E-state index contributed by atoms with van der Waals surface area (Å²) in [6.45, 7) is 8.46. The summed E-state index contributed by atoms with van der Waals surface area (Å²) in [5, 5.41) is 0. The summed E-state index contributed by atoms with van der Waals surface area (Å²) in [6, 6.07) is 8.00. The van der Waals surface area contributed by atoms with E-state index in [1.54, 1.807) is 0 Å². The third-order valence-corrected chi connectivity index (χ3v) is 6.25. The lowest BCUT2D eigenvalue weighted by Crippen LogP contribution is -2.47. The van der Waals surface area contributed by atoms with Crippen molar-refractivity contribution in [2.45, 2.75) is 33.2 Å². The molecule has 2 amide bonds. The number of hydrogen-bond acceptors (Lipinski definition) is 4. The molecule has 30 heavy (non-hydrogen) atoms. The Labute approximate surface area is 180 Å². The molecular weight excluding hydrogens is 378 g/mol. The second kappa shape index (κ2) is 10.6. The van der Waals surface area contributed by atoms with Gasteiger partial charge in [-0.05, 0) is 45.2 Å². The molecule has 0 unspecified atom stereocenters. The summed E-state index contributed by atoms with van der Waals surface area (Å²) in [5.41, 5.74) is 1.08. The maximum absolute atomic E-state index is 12.9. The molecule has 2 aliphatic rings. The van der Waals surface area contributed by atoms with Gasteiger partial charge >= 0.3 is 0 Å². The third-order valence-electron chi connectivity index (χ3n) is 6.25. The lowest BCUT2D eigenvalue weighted by atomic mass is 9.82. The minimum atomic E-state index is 0.155. The highest BCUT2D eigenvalue weighted by Gasteiger charge is 2.32. The fourth-order valence-corrected chi connectivity index (χ4v) is 4.48. The zero-order chi connectivity index (χ0) is 21.5. The van der Waals surface area contributed by atoms with Crippen molar-refractivity contribution >= 4 is 11.8 Å². The van der Waals surface area contributed by atoms with Crippen LogP contribution in [0.4, 0.5) is 0 Å². The highest BCUT2D eigenvalue weighted by Crippen LogP contribution is 2.29. The summed E-state index contributed by atoms with van der Waals surface area (Å²) in [6.07, 6.45) is 5.61. The van der Waals surface area contributed by atoms with Gasteiger partial charge < -0.3 is 14.5 Å². The molecule has 164 valence electrons. The van der Waals surface area contributed by atoms with Gasteiger partial charge in [-0.3, -0.25) is 14.5 Å². The van der Waals surface area contributed by atoms with E-state index in [0.717, 1.165) is 37.4 Å². The minimum Gasteiger partial charge on any atom is -0.489 e. The molecule has 1 fully saturated rings. The number of carbonyl (C=O) groups excluding carboxylic acids is 2. The van der Waals surface area contributed by atoms with E-state index in [1.807, 2.05) is 65.9 Å². The fourth-order valence-electron chi connectivity index (χ4n) is 4.48. The van der Waals surface area contributed by atoms with Crippen LogP contribution in [0.3, 0.4) is 0 Å². The van der Waals surface area contributed by atoms with Crippen LogP contribution in [0.5, 0.6) is 5.75 Å². The predicted molar refractivity (Wildman–Crippen MR) is 118 cm³/mol. The van der Waals surface area contributed by atoms with E-state index in [4.69, 9.17) is 4.74 Å². The molecule has 0 N–H and O–H groups in total. The Balaban J connectivity index is 1.77. The summed E-state index contributed by atoms with van der Waals surface area (Å²) >= 11 is 0. The average molecular weight is 414 g/mol. The van der Waals surface area contributed by atoms with Crippen LogP contribution in [0.25, 0.3) is 0 Å². The zero-order valence-corrected chi connectivity index (χ0v) is 18.5. The molecule has 2 atom stereocenters. The topological polar surface area (TPSA) is 53.1 Å². The number of rotatable bonds is 4. The Bertz CT molecular complexity index is 760. The van der Waals surface area contributed by atoms with Crippen LogP contribution in [-0.4, -0.2) is 72.9 Å². The Morgan fingerprint density at radius 3 is 2.73 bits per heavy atom. The molecule has 0 radical (unpaired) electrons. The first-order valence-corrected chi connectivity index (χ1v) is 11.1. The number of ether oxygens (including phenoxy) is 1. The van der Waals surface area contributed by atoms with Crippen LogP contribution in [0.1, 0.15) is 32.3 Å². The fraction of sp³-hybridized carbons (Fsp3) is 0.583. The highest BCUT2D eigenvalue weighted by atomic mass is 16.5. The Morgan fingerprint density at radius 1 is 1.20 bits per heavy atom. The second-order valence-electron chi connectivity index (χ2n) is 8.34. The molecule has 0 aromatic heterocycles. The molecule has 1 aromatic carbocycles. The van der Waals surface area contributed by atoms with Gasteiger partial charge in [0.2, 0.25) is 11.8 Å². The van der Waals surface area contributed by atoms with E-state index >= 15 is 0 Å². The van der Waals surface area contributed by atoms with Crippen LogP contribution in [-0.2, 0) is 16.1 Å². The first-order chi connectivity index (χ1) is 14.5. The van der Waals surface area contributed by atoms with E-state index in [1.165, 1.54) is 0 Å². The van der Waals surface area contributed by atoms with Crippen LogP contribution >= 0.6 is 0 Å². The van der Waals surface area contributed by atoms with Gasteiger partial charge in [0.25, 0.3) is 0 Å². The van der Waals surface area contributed by atoms with Gasteiger partial charge in [0.15, 0.2) is 0 Å². The summed E-state index contributed by atoms with van der Waals surface area (Å²) < 4.78 is 6.02. The van der Waals surface area contributed by atoms with E-state index in [2.05, 4.69) is 6.08 Å². The predicted octanol–water partition coefficient (Wildman–Crippen LogP) is 2.79. The average Bonchev–Trinajstić information content (AvgIpc) is 2.74. The first kappa shape index (κ1) is 22.3. The molecule has 1 aromatic rings. The molecule has 0 aliphatic carbocycles. The number of fused-ring (bicyclic) bond motifs is 3. The van der Waals surface area contributed by atoms with Gasteiger partial charge in [-0.2, -0.15) is 0 Å². The number of para-hydroxylation sites is 1. The van der Waals surface area contributed by atoms with Gasteiger partial charge in [-0.1, -0.05) is 30.4 Å². The maximum Gasteiger partial charge on any atom is 0.236 e. The molecule has 6 heteroatoms. The monoisotopic (exact) mass is 413 g/mol. The quantitative estimate of drug-likeness (QED) is 0.713. The lowest BCUT2D eigenvalue weighted by Gasteiger charge is -2.38. The smallest absolute Gasteiger partial charge is 0.236 e. The Hall–Kier alpha value is -2.34. The van der Waals surface area contributed by atoms with Gasteiger partial charge in [0.05, 0.1) is 6.54 Å². The minimum absolute atomic E-state index is 0.155. The number of carbonyl (C=O) groups is 2. The van der Waals surface area contributed by atoms with Crippen molar-refractivity contribution in [3.63, 3.8) is 0 Å². The number of nitrogens with zero attached hydrogens (tertiary/aromatic N) is 3. The normalized spacial score (nSPS) is 22.9. The van der Waals surface area contributed by atoms with Gasteiger partial charge in [0, 0.05) is 44.7 Å². The standard InChI is InChI=1S/C24H35N3O3/c1-4-26(5-2)23(28)15-19-12-13-27-17-20(19)10-8-14-30-22-11-7-6-9-21(22)16-25(3)18-24(27)29/h6-11,19-20H,4-5,12-18H2,1-3H3/t19-,20-/m0/s1. The number of amides is 2. The molecule has 0 saturated carbocycles. The lowest BCUT2D eigenvalue weighted by molar-refractivity contribution is -0.135. The van der Waals surface area contributed by atoms with Gasteiger partial charge in [-0.25, -0.2) is 0 Å². The largest absolute Gasteiger partial charge is 0.489 e. The number of piperidine rings is 1. The van der Waals surface area contributed by atoms with Crippen molar-refractivity contribution in [1.82, 2.24) is 14.7 Å². The Kier molecular flexibility index (Phi) is 7.91. The van der Waals surface area contributed by atoms with Crippen LogP contribution in [0, 0.1) is 11.8 Å². The van der Waals surface area contributed by atoms with Crippen molar-refractivity contribution in [2.24, 2.45) is 11.8 Å². The molecular formula is C24H35N3O3. The highest BCUT2D eigenvalue weighted by molar-refractivity contribution is 5.79. The first-order valence-electron chi connectivity index (χ1n) is 11.1. The van der Waals surface area contributed by atoms with Crippen LogP contribution in [0.15, 0.2) is 36.4 Å². The molecule has 1 saturated heterocycles. The van der Waals surface area contributed by atoms with Crippen molar-refractivity contribution in [1.29, 1.82) is 0 Å². The number of benzene rings is 1. The number of hydrogen-bond donors (Lipinski definition) is 0. The molecule has 2 heterocycles. The molecule has 2 bridgehead atoms. The second-order valence-corrected chi connectivity index (χ2v) is 8.34. The molecule has 0 spiro atoms. The zero-order valence-electron chi connectivity index (χ0n) is 18.5. The van der Waals surface area contributed by atoms with Crippen LogP contribution in [0.2, 0.25) is 0 Å².